The van der Waals surface area contributed by atoms with Gasteiger partial charge in [-0.1, -0.05) is 35.6 Å². The number of aryl methyl sites for hydroxylation is 1. The molecule has 0 unspecified atom stereocenters. The van der Waals surface area contributed by atoms with Crippen molar-refractivity contribution in [2.45, 2.75) is 25.9 Å². The lowest BCUT2D eigenvalue weighted by atomic mass is 9.89. The Labute approximate surface area is 160 Å². The fraction of sp³-hybridized carbons (Fsp3) is 0.200. The lowest BCUT2D eigenvalue weighted by Gasteiger charge is -2.32. The lowest BCUT2D eigenvalue weighted by molar-refractivity contribution is -0.134. The van der Waals surface area contributed by atoms with Crippen molar-refractivity contribution in [3.8, 4) is 10.6 Å². The summed E-state index contributed by atoms with van der Waals surface area (Å²) < 4.78 is 5.47. The monoisotopic (exact) mass is 379 g/mol. The number of aromatic nitrogens is 2. The fourth-order valence-electron chi connectivity index (χ4n) is 3.07. The smallest absolute Gasteiger partial charge is 0.339 e. The zero-order chi connectivity index (χ0) is 19.0. The molecule has 0 saturated carbocycles. The second-order valence-electron chi connectivity index (χ2n) is 6.56. The van der Waals surface area contributed by atoms with Crippen LogP contribution in [0, 0.1) is 6.92 Å². The molecule has 27 heavy (non-hydrogen) atoms. The Morgan fingerprint density at radius 1 is 1.22 bits per heavy atom. The number of carbonyl (C=O) groups excluding carboxylic acids is 2. The number of nitrogens with one attached hydrogen (secondary N) is 1. The van der Waals surface area contributed by atoms with Crippen LogP contribution in [-0.2, 0) is 16.0 Å². The van der Waals surface area contributed by atoms with E-state index in [1.807, 2.05) is 37.3 Å². The fourth-order valence-corrected chi connectivity index (χ4v) is 4.01. The first-order chi connectivity index (χ1) is 13.0. The van der Waals surface area contributed by atoms with Gasteiger partial charge in [0.2, 0.25) is 0 Å². The zero-order valence-corrected chi connectivity index (χ0v) is 15.7. The first-order valence-corrected chi connectivity index (χ1v) is 9.29. The number of benzene rings is 1. The SMILES string of the molecule is Cc1nc(NC(=O)[C@@]2(C)Cc3ccccc3C(=O)O2)sc1-c1ccccn1. The van der Waals surface area contributed by atoms with Crippen LogP contribution in [0.5, 0.6) is 0 Å². The topological polar surface area (TPSA) is 81.2 Å². The third kappa shape index (κ3) is 3.21. The van der Waals surface area contributed by atoms with Gasteiger partial charge in [-0.05, 0) is 37.6 Å². The average molecular weight is 379 g/mol. The van der Waals surface area contributed by atoms with Crippen LogP contribution < -0.4 is 5.32 Å². The minimum atomic E-state index is -1.28. The van der Waals surface area contributed by atoms with Gasteiger partial charge in [-0.3, -0.25) is 15.1 Å². The highest BCUT2D eigenvalue weighted by atomic mass is 32.1. The molecule has 1 aliphatic heterocycles. The third-order valence-electron chi connectivity index (χ3n) is 4.48. The van der Waals surface area contributed by atoms with Crippen LogP contribution in [0.4, 0.5) is 5.13 Å². The Balaban J connectivity index is 1.57. The molecule has 7 heteroatoms. The highest BCUT2D eigenvalue weighted by molar-refractivity contribution is 7.19. The normalized spacial score (nSPS) is 18.5. The quantitative estimate of drug-likeness (QED) is 0.703. The molecule has 136 valence electrons. The van der Waals surface area contributed by atoms with E-state index in [9.17, 15) is 9.59 Å². The summed E-state index contributed by atoms with van der Waals surface area (Å²) in [4.78, 5) is 34.8. The van der Waals surface area contributed by atoms with E-state index >= 15 is 0 Å². The third-order valence-corrected chi connectivity index (χ3v) is 5.57. The van der Waals surface area contributed by atoms with Crippen molar-refractivity contribution in [1.82, 2.24) is 9.97 Å². The lowest BCUT2D eigenvalue weighted by Crippen LogP contribution is -2.48. The van der Waals surface area contributed by atoms with Gasteiger partial charge in [0.15, 0.2) is 10.7 Å². The van der Waals surface area contributed by atoms with Gasteiger partial charge < -0.3 is 4.74 Å². The molecule has 3 heterocycles. The number of amides is 1. The van der Waals surface area contributed by atoms with E-state index in [0.717, 1.165) is 21.8 Å². The largest absolute Gasteiger partial charge is 0.445 e. The molecule has 0 aliphatic carbocycles. The van der Waals surface area contributed by atoms with Gasteiger partial charge in [0.1, 0.15) is 0 Å². The van der Waals surface area contributed by atoms with Crippen LogP contribution in [0.15, 0.2) is 48.7 Å². The number of anilines is 1. The van der Waals surface area contributed by atoms with Crippen molar-refractivity contribution in [1.29, 1.82) is 0 Å². The zero-order valence-electron chi connectivity index (χ0n) is 14.9. The van der Waals surface area contributed by atoms with Crippen LogP contribution in [0.2, 0.25) is 0 Å². The Kier molecular flexibility index (Phi) is 4.24. The first kappa shape index (κ1) is 17.4. The summed E-state index contributed by atoms with van der Waals surface area (Å²) in [5, 5.41) is 3.25. The van der Waals surface area contributed by atoms with Crippen LogP contribution in [-0.4, -0.2) is 27.4 Å². The summed E-state index contributed by atoms with van der Waals surface area (Å²) in [6.07, 6.45) is 2.03. The van der Waals surface area contributed by atoms with Gasteiger partial charge in [-0.2, -0.15) is 0 Å². The van der Waals surface area contributed by atoms with Gasteiger partial charge in [-0.25, -0.2) is 9.78 Å². The summed E-state index contributed by atoms with van der Waals surface area (Å²) in [5.74, 6) is -0.884. The molecule has 1 N–H and O–H groups in total. The number of cyclic esters (lactones) is 1. The van der Waals surface area contributed by atoms with Crippen molar-refractivity contribution >= 4 is 28.3 Å². The van der Waals surface area contributed by atoms with Crippen molar-refractivity contribution in [3.63, 3.8) is 0 Å². The standard InChI is InChI=1S/C20H17N3O3S/c1-12-16(15-9-5-6-10-21-15)27-19(22-12)23-18(25)20(2)11-13-7-3-4-8-14(13)17(24)26-20/h3-10H,11H2,1-2H3,(H,22,23,25)/t20-/m1/s1. The molecule has 0 saturated heterocycles. The number of pyridine rings is 1. The molecule has 4 rings (SSSR count). The molecule has 0 fully saturated rings. The number of ether oxygens (including phenoxy) is 1. The maximum atomic E-state index is 12.9. The molecule has 0 radical (unpaired) electrons. The van der Waals surface area contributed by atoms with Crippen molar-refractivity contribution < 1.29 is 14.3 Å². The van der Waals surface area contributed by atoms with Crippen molar-refractivity contribution in [2.75, 3.05) is 5.32 Å². The second-order valence-corrected chi connectivity index (χ2v) is 7.56. The van der Waals surface area contributed by atoms with Gasteiger partial charge in [0.25, 0.3) is 5.91 Å². The molecule has 1 aromatic carbocycles. The molecule has 1 atom stereocenters. The molecule has 6 nitrogen and oxygen atoms in total. The summed E-state index contributed by atoms with van der Waals surface area (Å²) in [6.45, 7) is 3.49. The van der Waals surface area contributed by atoms with E-state index in [2.05, 4.69) is 15.3 Å². The maximum absolute atomic E-state index is 12.9. The van der Waals surface area contributed by atoms with Gasteiger partial charge in [-0.15, -0.1) is 0 Å². The van der Waals surface area contributed by atoms with Crippen LogP contribution in [0.1, 0.15) is 28.5 Å². The van der Waals surface area contributed by atoms with E-state index in [1.54, 1.807) is 25.3 Å². The summed E-state index contributed by atoms with van der Waals surface area (Å²) in [5.41, 5.74) is 1.61. The molecular weight excluding hydrogens is 362 g/mol. The minimum absolute atomic E-state index is 0.318. The van der Waals surface area contributed by atoms with Crippen LogP contribution in [0.3, 0.4) is 0 Å². The van der Waals surface area contributed by atoms with Crippen LogP contribution in [0.25, 0.3) is 10.6 Å². The van der Waals surface area contributed by atoms with E-state index < -0.39 is 17.5 Å². The van der Waals surface area contributed by atoms with Gasteiger partial charge in [0.05, 0.1) is 21.8 Å². The highest BCUT2D eigenvalue weighted by Gasteiger charge is 2.43. The Bertz CT molecular complexity index is 1030. The van der Waals surface area contributed by atoms with Crippen molar-refractivity contribution in [2.24, 2.45) is 0 Å². The molecular formula is C20H17N3O3S. The number of hydrogen-bond donors (Lipinski definition) is 1. The molecule has 0 spiro atoms. The number of esters is 1. The molecule has 1 amide bonds. The van der Waals surface area contributed by atoms with E-state index in [1.165, 1.54) is 11.3 Å². The predicted octanol–water partition coefficient (Wildman–Crippen LogP) is 3.62. The number of thiazole rings is 1. The maximum Gasteiger partial charge on any atom is 0.339 e. The molecule has 2 aromatic heterocycles. The van der Waals surface area contributed by atoms with E-state index in [4.69, 9.17) is 4.74 Å². The summed E-state index contributed by atoms with van der Waals surface area (Å²) in [7, 11) is 0. The number of rotatable bonds is 3. The molecule has 3 aromatic rings. The second kappa shape index (κ2) is 6.59. The number of carbonyl (C=O) groups is 2. The summed E-state index contributed by atoms with van der Waals surface area (Å²) in [6, 6.07) is 12.8. The van der Waals surface area contributed by atoms with Gasteiger partial charge in [0, 0.05) is 12.6 Å². The van der Waals surface area contributed by atoms with Crippen molar-refractivity contribution in [3.05, 3.63) is 65.5 Å². The Morgan fingerprint density at radius 2 is 2.00 bits per heavy atom. The first-order valence-electron chi connectivity index (χ1n) is 8.48. The van der Waals surface area contributed by atoms with E-state index in [-0.39, 0.29) is 0 Å². The Hall–Kier alpha value is -3.06. The number of nitrogens with zero attached hydrogens (tertiary/aromatic N) is 2. The van der Waals surface area contributed by atoms with Gasteiger partial charge >= 0.3 is 5.97 Å². The average Bonchev–Trinajstić information content (AvgIpc) is 3.02. The van der Waals surface area contributed by atoms with E-state index in [0.29, 0.717) is 17.1 Å². The molecule has 1 aliphatic rings. The number of fused-ring (bicyclic) bond motifs is 1. The Morgan fingerprint density at radius 3 is 2.78 bits per heavy atom. The summed E-state index contributed by atoms with van der Waals surface area (Å²) >= 11 is 1.34. The van der Waals surface area contributed by atoms with Crippen LogP contribution >= 0.6 is 11.3 Å². The highest BCUT2D eigenvalue weighted by Crippen LogP contribution is 2.33. The minimum Gasteiger partial charge on any atom is -0.445 e. The predicted molar refractivity (Wildman–Crippen MR) is 103 cm³/mol. The number of hydrogen-bond acceptors (Lipinski definition) is 6. The molecule has 0 bridgehead atoms.